The zero-order chi connectivity index (χ0) is 16.6. The SMILES string of the molecule is CCNC(=NCCC(F)(F)F)NCCc1csc(C(C)C)n1. The summed E-state index contributed by atoms with van der Waals surface area (Å²) in [5.41, 5.74) is 0.993. The number of nitrogens with one attached hydrogen (secondary N) is 2. The molecule has 4 nitrogen and oxygen atoms in total. The predicted molar refractivity (Wildman–Crippen MR) is 84.6 cm³/mol. The minimum absolute atomic E-state index is 0.271. The van der Waals surface area contributed by atoms with Crippen LogP contribution >= 0.6 is 11.3 Å². The fourth-order valence-corrected chi connectivity index (χ4v) is 2.52. The molecule has 0 saturated carbocycles. The van der Waals surface area contributed by atoms with E-state index >= 15 is 0 Å². The van der Waals surface area contributed by atoms with Gasteiger partial charge in [0, 0.05) is 30.8 Å². The molecule has 0 spiro atoms. The van der Waals surface area contributed by atoms with Crippen LogP contribution in [0.4, 0.5) is 13.2 Å². The molecular weight excluding hydrogens is 313 g/mol. The van der Waals surface area contributed by atoms with E-state index in [0.29, 0.717) is 31.4 Å². The van der Waals surface area contributed by atoms with Gasteiger partial charge in [0.1, 0.15) is 0 Å². The highest BCUT2D eigenvalue weighted by molar-refractivity contribution is 7.09. The summed E-state index contributed by atoms with van der Waals surface area (Å²) in [4.78, 5) is 8.44. The number of rotatable bonds is 7. The van der Waals surface area contributed by atoms with E-state index in [-0.39, 0.29) is 6.54 Å². The van der Waals surface area contributed by atoms with Crippen molar-refractivity contribution in [1.82, 2.24) is 15.6 Å². The topological polar surface area (TPSA) is 49.3 Å². The van der Waals surface area contributed by atoms with Crippen LogP contribution < -0.4 is 10.6 Å². The molecule has 0 aliphatic carbocycles. The van der Waals surface area contributed by atoms with Gasteiger partial charge in [0.25, 0.3) is 0 Å². The van der Waals surface area contributed by atoms with E-state index in [1.54, 1.807) is 11.3 Å². The molecular formula is C14H23F3N4S. The summed E-state index contributed by atoms with van der Waals surface area (Å²) in [6.07, 6.45) is -4.37. The third-order valence-electron chi connectivity index (χ3n) is 2.75. The number of halogens is 3. The highest BCUT2D eigenvalue weighted by Gasteiger charge is 2.26. The Labute approximate surface area is 133 Å². The van der Waals surface area contributed by atoms with E-state index in [9.17, 15) is 13.2 Å². The van der Waals surface area contributed by atoms with Gasteiger partial charge in [0.15, 0.2) is 5.96 Å². The molecule has 126 valence electrons. The summed E-state index contributed by atoms with van der Waals surface area (Å²) in [5.74, 6) is 0.819. The van der Waals surface area contributed by atoms with Crippen LogP contribution in [0.15, 0.2) is 10.4 Å². The molecule has 0 aliphatic rings. The largest absolute Gasteiger partial charge is 0.390 e. The lowest BCUT2D eigenvalue weighted by atomic mass is 10.2. The summed E-state index contributed by atoms with van der Waals surface area (Å²) in [7, 11) is 0. The molecule has 1 heterocycles. The average molecular weight is 336 g/mol. The van der Waals surface area contributed by atoms with E-state index in [1.807, 2.05) is 12.3 Å². The molecule has 0 atom stereocenters. The highest BCUT2D eigenvalue weighted by Crippen LogP contribution is 2.19. The first-order valence-electron chi connectivity index (χ1n) is 7.35. The molecule has 0 unspecified atom stereocenters. The van der Waals surface area contributed by atoms with Gasteiger partial charge in [0.05, 0.1) is 23.7 Å². The van der Waals surface area contributed by atoms with Crippen molar-refractivity contribution in [2.75, 3.05) is 19.6 Å². The van der Waals surface area contributed by atoms with Gasteiger partial charge in [-0.1, -0.05) is 13.8 Å². The fraction of sp³-hybridized carbons (Fsp3) is 0.714. The van der Waals surface area contributed by atoms with Crippen LogP contribution in [-0.2, 0) is 6.42 Å². The summed E-state index contributed by atoms with van der Waals surface area (Å²) in [6.45, 7) is 6.98. The van der Waals surface area contributed by atoms with Gasteiger partial charge in [0.2, 0.25) is 0 Å². The third kappa shape index (κ3) is 7.63. The Kier molecular flexibility index (Phi) is 7.64. The van der Waals surface area contributed by atoms with E-state index in [2.05, 4.69) is 34.5 Å². The third-order valence-corrected chi connectivity index (χ3v) is 3.94. The monoisotopic (exact) mass is 336 g/mol. The lowest BCUT2D eigenvalue weighted by molar-refractivity contribution is -0.132. The number of aliphatic imine (C=N–C) groups is 1. The molecule has 0 radical (unpaired) electrons. The van der Waals surface area contributed by atoms with Gasteiger partial charge in [-0.05, 0) is 6.92 Å². The van der Waals surface area contributed by atoms with Crippen LogP contribution in [0.5, 0.6) is 0 Å². The molecule has 0 fully saturated rings. The van der Waals surface area contributed by atoms with Gasteiger partial charge >= 0.3 is 6.18 Å². The lowest BCUT2D eigenvalue weighted by Gasteiger charge is -2.11. The standard InChI is InChI=1S/C14H23F3N4S/c1-4-18-13(20-8-6-14(15,16)17)19-7-5-11-9-22-12(21-11)10(2)3/h9-10H,4-8H2,1-3H3,(H2,18,19,20). The Morgan fingerprint density at radius 2 is 2.09 bits per heavy atom. The van der Waals surface area contributed by atoms with Crippen LogP contribution in [0, 0.1) is 0 Å². The van der Waals surface area contributed by atoms with E-state index in [1.165, 1.54) is 0 Å². The number of thiazole rings is 1. The molecule has 8 heteroatoms. The van der Waals surface area contributed by atoms with E-state index in [4.69, 9.17) is 0 Å². The Hall–Kier alpha value is -1.31. The van der Waals surface area contributed by atoms with Gasteiger partial charge in [-0.2, -0.15) is 13.2 Å². The Bertz CT molecular complexity index is 469. The first-order chi connectivity index (χ1) is 10.3. The molecule has 22 heavy (non-hydrogen) atoms. The maximum Gasteiger partial charge on any atom is 0.390 e. The second kappa shape index (κ2) is 8.97. The number of aromatic nitrogens is 1. The Morgan fingerprint density at radius 1 is 1.36 bits per heavy atom. The van der Waals surface area contributed by atoms with Gasteiger partial charge in [-0.3, -0.25) is 4.99 Å². The first kappa shape index (κ1) is 18.7. The second-order valence-corrected chi connectivity index (χ2v) is 6.02. The maximum absolute atomic E-state index is 12.1. The molecule has 2 N–H and O–H groups in total. The predicted octanol–water partition coefficient (Wildman–Crippen LogP) is 3.32. The van der Waals surface area contributed by atoms with E-state index in [0.717, 1.165) is 10.7 Å². The molecule has 1 aromatic rings. The maximum atomic E-state index is 12.1. The van der Waals surface area contributed by atoms with Crippen LogP contribution in [-0.4, -0.2) is 36.8 Å². The number of hydrogen-bond donors (Lipinski definition) is 2. The molecule has 0 bridgehead atoms. The van der Waals surface area contributed by atoms with Crippen molar-refractivity contribution in [3.8, 4) is 0 Å². The van der Waals surface area contributed by atoms with Crippen molar-refractivity contribution >= 4 is 17.3 Å². The van der Waals surface area contributed by atoms with Crippen molar-refractivity contribution < 1.29 is 13.2 Å². The smallest absolute Gasteiger partial charge is 0.357 e. The van der Waals surface area contributed by atoms with Gasteiger partial charge < -0.3 is 10.6 Å². The summed E-state index contributed by atoms with van der Waals surface area (Å²) >= 11 is 1.63. The van der Waals surface area contributed by atoms with Crippen LogP contribution in [0.1, 0.15) is 43.8 Å². The minimum Gasteiger partial charge on any atom is -0.357 e. The molecule has 0 amide bonds. The average Bonchev–Trinajstić information content (AvgIpc) is 2.86. The molecule has 1 rings (SSSR count). The normalized spacial score (nSPS) is 12.8. The van der Waals surface area contributed by atoms with Crippen molar-refractivity contribution in [3.05, 3.63) is 16.1 Å². The quantitative estimate of drug-likeness (QED) is 0.593. The van der Waals surface area contributed by atoms with Crippen LogP contribution in [0.2, 0.25) is 0 Å². The van der Waals surface area contributed by atoms with Crippen molar-refractivity contribution in [3.63, 3.8) is 0 Å². The highest BCUT2D eigenvalue weighted by atomic mass is 32.1. The fourth-order valence-electron chi connectivity index (χ4n) is 1.65. The van der Waals surface area contributed by atoms with Crippen molar-refractivity contribution in [1.29, 1.82) is 0 Å². The Morgan fingerprint density at radius 3 is 2.64 bits per heavy atom. The van der Waals surface area contributed by atoms with Gasteiger partial charge in [-0.15, -0.1) is 11.3 Å². The zero-order valence-corrected chi connectivity index (χ0v) is 13.9. The van der Waals surface area contributed by atoms with E-state index < -0.39 is 12.6 Å². The molecule has 0 aromatic carbocycles. The molecule has 0 aliphatic heterocycles. The number of alkyl halides is 3. The van der Waals surface area contributed by atoms with Crippen molar-refractivity contribution in [2.45, 2.75) is 45.7 Å². The second-order valence-electron chi connectivity index (χ2n) is 5.13. The number of nitrogens with zero attached hydrogens (tertiary/aromatic N) is 2. The zero-order valence-electron chi connectivity index (χ0n) is 13.1. The van der Waals surface area contributed by atoms with Crippen LogP contribution in [0.25, 0.3) is 0 Å². The molecule has 1 aromatic heterocycles. The summed E-state index contributed by atoms with van der Waals surface area (Å²) in [5, 5.41) is 9.08. The lowest BCUT2D eigenvalue weighted by Crippen LogP contribution is -2.38. The summed E-state index contributed by atoms with van der Waals surface area (Å²) in [6, 6.07) is 0. The number of guanidine groups is 1. The van der Waals surface area contributed by atoms with Crippen molar-refractivity contribution in [2.24, 2.45) is 4.99 Å². The van der Waals surface area contributed by atoms with Crippen LogP contribution in [0.3, 0.4) is 0 Å². The molecule has 0 saturated heterocycles. The summed E-state index contributed by atoms with van der Waals surface area (Å²) < 4.78 is 36.3. The minimum atomic E-state index is -4.17. The Balaban J connectivity index is 2.41. The first-order valence-corrected chi connectivity index (χ1v) is 8.23. The number of hydrogen-bond acceptors (Lipinski definition) is 3. The van der Waals surface area contributed by atoms with Gasteiger partial charge in [-0.25, -0.2) is 4.98 Å².